The van der Waals surface area contributed by atoms with Gasteiger partial charge in [-0.25, -0.2) is 4.79 Å². The minimum atomic E-state index is -1.05. The van der Waals surface area contributed by atoms with E-state index in [-0.39, 0.29) is 23.1 Å². The van der Waals surface area contributed by atoms with E-state index in [2.05, 4.69) is 17.5 Å². The average molecular weight is 301 g/mol. The van der Waals surface area contributed by atoms with Crippen molar-refractivity contribution >= 4 is 17.6 Å². The number of allylic oxidation sites excluding steroid dienone is 2. The van der Waals surface area contributed by atoms with E-state index in [1.165, 1.54) is 19.6 Å². The maximum atomic E-state index is 12.5. The Hall–Kier alpha value is -2.30. The van der Waals surface area contributed by atoms with Crippen molar-refractivity contribution in [2.24, 2.45) is 17.8 Å². The fraction of sp³-hybridized carbons (Fsp3) is 0.412. The van der Waals surface area contributed by atoms with Crippen LogP contribution in [0.15, 0.2) is 30.4 Å². The Labute approximate surface area is 129 Å². The van der Waals surface area contributed by atoms with Gasteiger partial charge in [-0.05, 0) is 43.2 Å². The lowest BCUT2D eigenvalue weighted by Gasteiger charge is -2.37. The number of amides is 1. The molecule has 0 radical (unpaired) electrons. The van der Waals surface area contributed by atoms with E-state index in [0.29, 0.717) is 17.5 Å². The molecule has 1 fully saturated rings. The number of benzene rings is 1. The molecule has 0 aliphatic heterocycles. The van der Waals surface area contributed by atoms with Crippen molar-refractivity contribution in [3.05, 3.63) is 35.9 Å². The van der Waals surface area contributed by atoms with Crippen molar-refractivity contribution in [3.8, 4) is 5.75 Å². The van der Waals surface area contributed by atoms with Gasteiger partial charge in [0.25, 0.3) is 0 Å². The zero-order valence-electron chi connectivity index (χ0n) is 12.4. The number of fused-ring (bicyclic) bond motifs is 2. The van der Waals surface area contributed by atoms with E-state index in [1.54, 1.807) is 12.1 Å². The van der Waals surface area contributed by atoms with Crippen LogP contribution in [0.5, 0.6) is 5.75 Å². The highest BCUT2D eigenvalue weighted by atomic mass is 16.5. The van der Waals surface area contributed by atoms with Crippen LogP contribution in [0.4, 0.5) is 5.69 Å². The second kappa shape index (κ2) is 5.83. The van der Waals surface area contributed by atoms with Crippen molar-refractivity contribution < 1.29 is 19.4 Å². The summed E-state index contributed by atoms with van der Waals surface area (Å²) in [6.07, 6.45) is 7.53. The van der Waals surface area contributed by atoms with Crippen molar-refractivity contribution in [3.63, 3.8) is 0 Å². The molecule has 2 bridgehead atoms. The van der Waals surface area contributed by atoms with Crippen molar-refractivity contribution in [2.75, 3.05) is 12.4 Å². The molecule has 0 saturated heterocycles. The Bertz CT molecular complexity index is 638. The molecule has 5 nitrogen and oxygen atoms in total. The van der Waals surface area contributed by atoms with Crippen LogP contribution in [0.2, 0.25) is 0 Å². The molecule has 0 aromatic heterocycles. The molecular weight excluding hydrogens is 282 g/mol. The highest BCUT2D eigenvalue weighted by Gasteiger charge is 2.36. The number of aromatic carboxylic acids is 1. The van der Waals surface area contributed by atoms with E-state index in [1.807, 2.05) is 0 Å². The first-order chi connectivity index (χ1) is 10.6. The molecule has 3 atom stereocenters. The Morgan fingerprint density at radius 1 is 1.27 bits per heavy atom. The summed E-state index contributed by atoms with van der Waals surface area (Å²) in [6.45, 7) is 0. The minimum Gasteiger partial charge on any atom is -0.496 e. The third-order valence-electron chi connectivity index (χ3n) is 4.61. The number of carboxylic acid groups (broad SMARTS) is 1. The predicted octanol–water partition coefficient (Wildman–Crippen LogP) is 2.93. The first kappa shape index (κ1) is 14.6. The molecule has 5 heteroatoms. The number of nitrogens with one attached hydrogen (secondary N) is 1. The van der Waals surface area contributed by atoms with Crippen LogP contribution in [0.3, 0.4) is 0 Å². The maximum absolute atomic E-state index is 12.5. The van der Waals surface area contributed by atoms with Crippen LogP contribution in [0.25, 0.3) is 0 Å². The molecule has 0 spiro atoms. The second-order valence-electron chi connectivity index (χ2n) is 5.94. The van der Waals surface area contributed by atoms with Crippen LogP contribution in [0, 0.1) is 17.8 Å². The van der Waals surface area contributed by atoms with Gasteiger partial charge in [0, 0.05) is 17.7 Å². The van der Waals surface area contributed by atoms with E-state index >= 15 is 0 Å². The number of carboxylic acids is 1. The van der Waals surface area contributed by atoms with Gasteiger partial charge in [-0.1, -0.05) is 12.2 Å². The van der Waals surface area contributed by atoms with E-state index < -0.39 is 5.97 Å². The highest BCUT2D eigenvalue weighted by molar-refractivity contribution is 5.95. The largest absolute Gasteiger partial charge is 0.496 e. The van der Waals surface area contributed by atoms with Gasteiger partial charge in [0.1, 0.15) is 11.3 Å². The standard InChI is InChI=1S/C17H19NO4/c1-22-15-9-12(6-7-13(15)17(20)21)18-16(19)14-8-10-2-4-11(14)5-3-10/h2,4,6-7,9-11,14H,3,5,8H2,1H3,(H,18,19)(H,20,21)/t10-,11+,14-/m1/s1. The molecule has 3 aliphatic carbocycles. The summed E-state index contributed by atoms with van der Waals surface area (Å²) in [5, 5.41) is 12.0. The van der Waals surface area contributed by atoms with Gasteiger partial charge in [0.15, 0.2) is 0 Å². The van der Waals surface area contributed by atoms with E-state index in [0.717, 1.165) is 12.8 Å². The lowest BCUT2D eigenvalue weighted by molar-refractivity contribution is -0.122. The molecule has 116 valence electrons. The zero-order chi connectivity index (χ0) is 15.7. The summed E-state index contributed by atoms with van der Waals surface area (Å²) in [6, 6.07) is 4.60. The number of carbonyl (C=O) groups is 2. The third-order valence-corrected chi connectivity index (χ3v) is 4.61. The first-order valence-corrected chi connectivity index (χ1v) is 7.49. The fourth-order valence-corrected chi connectivity index (χ4v) is 3.41. The zero-order valence-corrected chi connectivity index (χ0v) is 12.4. The van der Waals surface area contributed by atoms with Gasteiger partial charge in [-0.2, -0.15) is 0 Å². The summed E-state index contributed by atoms with van der Waals surface area (Å²) >= 11 is 0. The average Bonchev–Trinajstić information content (AvgIpc) is 2.55. The lowest BCUT2D eigenvalue weighted by Crippen LogP contribution is -2.36. The monoisotopic (exact) mass is 301 g/mol. The molecular formula is C17H19NO4. The van der Waals surface area contributed by atoms with Gasteiger partial charge < -0.3 is 15.2 Å². The molecule has 1 aromatic carbocycles. The SMILES string of the molecule is COc1cc(NC(=O)[C@@H]2C[C@@H]3C=C[C@H]2CC3)ccc1C(=O)O. The van der Waals surface area contributed by atoms with Gasteiger partial charge in [-0.15, -0.1) is 0 Å². The van der Waals surface area contributed by atoms with Crippen LogP contribution in [-0.2, 0) is 4.79 Å². The molecule has 0 unspecified atom stereocenters. The Morgan fingerprint density at radius 2 is 2.09 bits per heavy atom. The second-order valence-corrected chi connectivity index (χ2v) is 5.94. The Balaban J connectivity index is 1.74. The molecule has 22 heavy (non-hydrogen) atoms. The molecule has 3 aliphatic rings. The fourth-order valence-electron chi connectivity index (χ4n) is 3.41. The Kier molecular flexibility index (Phi) is 3.88. The molecule has 1 saturated carbocycles. The smallest absolute Gasteiger partial charge is 0.339 e. The molecule has 1 aromatic rings. The number of anilines is 1. The summed E-state index contributed by atoms with van der Waals surface area (Å²) in [5.74, 6) is 0.0488. The number of carbonyl (C=O) groups excluding carboxylic acids is 1. The van der Waals surface area contributed by atoms with Crippen molar-refractivity contribution in [2.45, 2.75) is 19.3 Å². The predicted molar refractivity (Wildman–Crippen MR) is 82.0 cm³/mol. The highest BCUT2D eigenvalue weighted by Crippen LogP contribution is 2.40. The van der Waals surface area contributed by atoms with E-state index in [4.69, 9.17) is 9.84 Å². The first-order valence-electron chi connectivity index (χ1n) is 7.49. The summed E-state index contributed by atoms with van der Waals surface area (Å²) in [4.78, 5) is 23.5. The number of hydrogen-bond donors (Lipinski definition) is 2. The summed E-state index contributed by atoms with van der Waals surface area (Å²) in [5.41, 5.74) is 0.650. The van der Waals surface area contributed by atoms with Gasteiger partial charge in [0.05, 0.1) is 7.11 Å². The number of hydrogen-bond acceptors (Lipinski definition) is 3. The summed E-state index contributed by atoms with van der Waals surface area (Å²) < 4.78 is 5.08. The van der Waals surface area contributed by atoms with Gasteiger partial charge in [-0.3, -0.25) is 4.79 Å². The molecule has 4 rings (SSSR count). The third kappa shape index (κ3) is 2.71. The normalized spacial score (nSPS) is 25.8. The van der Waals surface area contributed by atoms with Gasteiger partial charge >= 0.3 is 5.97 Å². The molecule has 0 heterocycles. The lowest BCUT2D eigenvalue weighted by atomic mass is 9.69. The Morgan fingerprint density at radius 3 is 2.64 bits per heavy atom. The van der Waals surface area contributed by atoms with Gasteiger partial charge in [0.2, 0.25) is 5.91 Å². The summed E-state index contributed by atoms with van der Waals surface area (Å²) in [7, 11) is 1.41. The number of rotatable bonds is 4. The van der Waals surface area contributed by atoms with Crippen molar-refractivity contribution in [1.82, 2.24) is 0 Å². The minimum absolute atomic E-state index is 0.00387. The van der Waals surface area contributed by atoms with Crippen LogP contribution in [-0.4, -0.2) is 24.1 Å². The van der Waals surface area contributed by atoms with Crippen LogP contribution < -0.4 is 10.1 Å². The maximum Gasteiger partial charge on any atom is 0.339 e. The topological polar surface area (TPSA) is 75.6 Å². The van der Waals surface area contributed by atoms with Crippen LogP contribution in [0.1, 0.15) is 29.6 Å². The van der Waals surface area contributed by atoms with E-state index in [9.17, 15) is 9.59 Å². The quantitative estimate of drug-likeness (QED) is 0.838. The van der Waals surface area contributed by atoms with Crippen LogP contribution >= 0.6 is 0 Å². The molecule has 2 N–H and O–H groups in total. The molecule has 1 amide bonds. The number of methoxy groups -OCH3 is 1. The van der Waals surface area contributed by atoms with Crippen molar-refractivity contribution in [1.29, 1.82) is 0 Å². The number of ether oxygens (including phenoxy) is 1.